The molecule has 26 heavy (non-hydrogen) atoms. The van der Waals surface area contributed by atoms with Crippen LogP contribution in [-0.4, -0.2) is 48.0 Å². The van der Waals surface area contributed by atoms with Gasteiger partial charge in [-0.2, -0.15) is 39.5 Å². The summed E-state index contributed by atoms with van der Waals surface area (Å²) in [4.78, 5) is 0. The van der Waals surface area contributed by atoms with E-state index in [9.17, 15) is 61.3 Å². The fraction of sp³-hybridized carbons (Fsp3) is 1.00. The first-order valence-electron chi connectivity index (χ1n) is 5.19. The predicted octanol–water partition coefficient (Wildman–Crippen LogP) is 4.62. The van der Waals surface area contributed by atoms with Crippen molar-refractivity contribution in [1.29, 1.82) is 0 Å². The van der Waals surface area contributed by atoms with Crippen molar-refractivity contribution >= 4 is 10.1 Å². The molecule has 1 unspecified atom stereocenters. The van der Waals surface area contributed by atoms with Gasteiger partial charge in [-0.3, -0.25) is 4.74 Å². The van der Waals surface area contributed by atoms with E-state index in [4.69, 9.17) is 0 Å². The highest BCUT2D eigenvalue weighted by Gasteiger charge is 2.82. The van der Waals surface area contributed by atoms with Crippen molar-refractivity contribution in [3.8, 4) is 0 Å². The molecule has 0 spiro atoms. The second-order valence-electron chi connectivity index (χ2n) is 4.54. The van der Waals surface area contributed by atoms with Crippen LogP contribution >= 0.6 is 0 Å². The van der Waals surface area contributed by atoms with Gasteiger partial charge in [-0.25, -0.2) is 17.2 Å². The zero-order chi connectivity index (χ0) is 20.2. The van der Waals surface area contributed by atoms with E-state index in [2.05, 4.69) is 0 Å². The van der Waals surface area contributed by atoms with Crippen LogP contribution in [0.2, 0.25) is 0 Å². The van der Waals surface area contributed by atoms with Crippen LogP contribution in [0.15, 0.2) is 0 Å². The van der Waals surface area contributed by atoms with Gasteiger partial charge in [-0.05, 0) is 0 Å². The molecule has 0 aliphatic carbocycles. The summed E-state index contributed by atoms with van der Waals surface area (Å²) in [5, 5.41) is -7.04. The van der Waals surface area contributed by atoms with Crippen LogP contribution < -0.4 is 0 Å². The lowest BCUT2D eigenvalue weighted by Gasteiger charge is -2.42. The van der Waals surface area contributed by atoms with Gasteiger partial charge in [-0.1, -0.05) is 14.9 Å². The Balaban J connectivity index is -0.00000264. The first-order chi connectivity index (χ1) is 9.96. The average Bonchev–Trinajstić information content (AvgIpc) is 2.22. The summed E-state index contributed by atoms with van der Waals surface area (Å²) in [6, 6.07) is 0. The summed E-state index contributed by atoms with van der Waals surface area (Å²) in [7, 11) is -7.46. The molecule has 0 aromatic heterocycles. The molecule has 0 heterocycles. The van der Waals surface area contributed by atoms with Gasteiger partial charge in [0.05, 0.1) is 0 Å². The van der Waals surface area contributed by atoms with Crippen molar-refractivity contribution in [3.05, 3.63) is 0 Å². The minimum absolute atomic E-state index is 0. The third-order valence-electron chi connectivity index (χ3n) is 2.44. The Labute approximate surface area is 141 Å². The standard InChI is InChI=1S/C8H7F11O4S.2CH4/c1-3(9,10)5(13,14)6(15,4(2,11)12)23-7(16,17)8(18,19)24(20,21)22;;/h1-2H3,(H,20,21,22);2*1H4/p-1. The predicted molar refractivity (Wildman–Crippen MR) is 64.2 cm³/mol. The molecule has 162 valence electrons. The Morgan fingerprint density at radius 2 is 1.04 bits per heavy atom. The molecule has 0 aliphatic heterocycles. The van der Waals surface area contributed by atoms with Crippen molar-refractivity contribution in [3.63, 3.8) is 0 Å². The molecular formula is C10H14F11O4S-. The van der Waals surface area contributed by atoms with Crippen molar-refractivity contribution in [2.24, 2.45) is 0 Å². The van der Waals surface area contributed by atoms with Gasteiger partial charge < -0.3 is 4.55 Å². The highest BCUT2D eigenvalue weighted by molar-refractivity contribution is 7.86. The van der Waals surface area contributed by atoms with E-state index in [1.807, 2.05) is 4.74 Å². The van der Waals surface area contributed by atoms with E-state index >= 15 is 0 Å². The third-order valence-corrected chi connectivity index (χ3v) is 3.31. The Morgan fingerprint density at radius 1 is 0.731 bits per heavy atom. The Bertz CT molecular complexity index is 579. The van der Waals surface area contributed by atoms with E-state index < -0.39 is 59.0 Å². The van der Waals surface area contributed by atoms with Gasteiger partial charge in [0.25, 0.3) is 0 Å². The van der Waals surface area contributed by atoms with Gasteiger partial charge in [0.2, 0.25) is 0 Å². The quantitative estimate of drug-likeness (QED) is 0.429. The fourth-order valence-corrected chi connectivity index (χ4v) is 1.43. The van der Waals surface area contributed by atoms with Crippen LogP contribution in [-0.2, 0) is 14.9 Å². The minimum atomic E-state index is -7.46. The van der Waals surface area contributed by atoms with Crippen LogP contribution in [0.4, 0.5) is 48.3 Å². The van der Waals surface area contributed by atoms with Crippen LogP contribution in [0.3, 0.4) is 0 Å². The lowest BCUT2D eigenvalue weighted by Crippen LogP contribution is -2.68. The second-order valence-corrected chi connectivity index (χ2v) is 5.96. The molecule has 0 aromatic rings. The molecule has 0 aromatic carbocycles. The topological polar surface area (TPSA) is 66.4 Å². The summed E-state index contributed by atoms with van der Waals surface area (Å²) in [6.07, 6.45) is -7.16. The molecule has 0 aliphatic rings. The molecule has 4 nitrogen and oxygen atoms in total. The SMILES string of the molecule is C.C.CC(F)(F)C(F)(F)C(F)(OC(F)(F)C(F)(F)S(=O)(=O)[O-])C(C)(F)F. The third kappa shape index (κ3) is 4.49. The number of hydrogen-bond acceptors (Lipinski definition) is 4. The first kappa shape index (κ1) is 29.8. The highest BCUT2D eigenvalue weighted by Crippen LogP contribution is 2.55. The van der Waals surface area contributed by atoms with Crippen LogP contribution in [0.25, 0.3) is 0 Å². The maximum absolute atomic E-state index is 13.7. The Morgan fingerprint density at radius 3 is 1.23 bits per heavy atom. The number of alkyl halides is 11. The normalized spacial score (nSPS) is 17.0. The fourth-order valence-electron chi connectivity index (χ4n) is 1.09. The van der Waals surface area contributed by atoms with E-state index in [1.54, 1.807) is 0 Å². The van der Waals surface area contributed by atoms with E-state index in [-0.39, 0.29) is 14.9 Å². The van der Waals surface area contributed by atoms with E-state index in [0.29, 0.717) is 0 Å². The molecule has 0 rings (SSSR count). The van der Waals surface area contributed by atoms with Gasteiger partial charge in [0, 0.05) is 13.8 Å². The number of ether oxygens (including phenoxy) is 1. The van der Waals surface area contributed by atoms with Crippen LogP contribution in [0, 0.1) is 0 Å². The molecule has 0 fully saturated rings. The number of rotatable bonds is 7. The zero-order valence-corrected chi connectivity index (χ0v) is 12.0. The molecule has 0 bridgehead atoms. The number of hydrogen-bond donors (Lipinski definition) is 0. The van der Waals surface area contributed by atoms with Crippen LogP contribution in [0.5, 0.6) is 0 Å². The molecule has 1 atom stereocenters. The first-order valence-corrected chi connectivity index (χ1v) is 6.60. The van der Waals surface area contributed by atoms with Crippen molar-refractivity contribution in [1.82, 2.24) is 0 Å². The highest BCUT2D eigenvalue weighted by atomic mass is 32.2. The second kappa shape index (κ2) is 7.26. The lowest BCUT2D eigenvalue weighted by atomic mass is 9.99. The largest absolute Gasteiger partial charge is 0.743 e. The van der Waals surface area contributed by atoms with Gasteiger partial charge in [0.1, 0.15) is 0 Å². The molecule has 16 heteroatoms. The summed E-state index contributed by atoms with van der Waals surface area (Å²) in [5.74, 6) is -25.5. The molecular weight excluding hydrogens is 425 g/mol. The maximum atomic E-state index is 13.7. The summed E-state index contributed by atoms with van der Waals surface area (Å²) in [5.41, 5.74) is 0. The minimum Gasteiger partial charge on any atom is -0.743 e. The average molecular weight is 439 g/mol. The molecule has 0 radical (unpaired) electrons. The van der Waals surface area contributed by atoms with Crippen LogP contribution in [0.1, 0.15) is 28.7 Å². The summed E-state index contributed by atoms with van der Waals surface area (Å²) in [6.45, 7) is -1.94. The maximum Gasteiger partial charge on any atom is 0.436 e. The molecule has 0 saturated carbocycles. The van der Waals surface area contributed by atoms with Gasteiger partial charge >= 0.3 is 35.0 Å². The molecule has 0 amide bonds. The zero-order valence-electron chi connectivity index (χ0n) is 11.2. The Hall–Kier alpha value is -0.900. The van der Waals surface area contributed by atoms with E-state index in [0.717, 1.165) is 0 Å². The summed E-state index contributed by atoms with van der Waals surface area (Å²) < 4.78 is 174. The smallest absolute Gasteiger partial charge is 0.436 e. The summed E-state index contributed by atoms with van der Waals surface area (Å²) >= 11 is 0. The van der Waals surface area contributed by atoms with Gasteiger partial charge in [-0.15, -0.1) is 0 Å². The molecule has 0 saturated heterocycles. The van der Waals surface area contributed by atoms with Gasteiger partial charge in [0.15, 0.2) is 10.1 Å². The molecule has 0 N–H and O–H groups in total. The van der Waals surface area contributed by atoms with Crippen molar-refractivity contribution < 1.29 is 66.0 Å². The Kier molecular flexibility index (Phi) is 8.33. The van der Waals surface area contributed by atoms with Crippen molar-refractivity contribution in [2.45, 2.75) is 63.7 Å². The van der Waals surface area contributed by atoms with E-state index in [1.165, 1.54) is 0 Å². The lowest BCUT2D eigenvalue weighted by molar-refractivity contribution is -0.474. The number of halogens is 11. The monoisotopic (exact) mass is 439 g/mol. The van der Waals surface area contributed by atoms with Crippen molar-refractivity contribution in [2.75, 3.05) is 0 Å².